The average Bonchev–Trinajstić information content (AvgIpc) is 2.47. The summed E-state index contributed by atoms with van der Waals surface area (Å²) >= 11 is 0. The summed E-state index contributed by atoms with van der Waals surface area (Å²) in [5.74, 6) is 1.27. The minimum absolute atomic E-state index is 0.147. The number of benzene rings is 1. The molecule has 0 aliphatic heterocycles. The molecule has 1 aromatic heterocycles. The molecule has 0 saturated carbocycles. The van der Waals surface area contributed by atoms with Crippen molar-refractivity contribution in [3.8, 4) is 0 Å². The van der Waals surface area contributed by atoms with Crippen LogP contribution in [0.4, 0.5) is 17.5 Å². The van der Waals surface area contributed by atoms with Crippen LogP contribution < -0.4 is 10.2 Å². The fourth-order valence-electron chi connectivity index (χ4n) is 2.12. The predicted octanol–water partition coefficient (Wildman–Crippen LogP) is 2.62. The molecule has 7 nitrogen and oxygen atoms in total. The van der Waals surface area contributed by atoms with Crippen molar-refractivity contribution in [3.63, 3.8) is 0 Å². The highest BCUT2D eigenvalue weighted by atomic mass is 32.2. The summed E-state index contributed by atoms with van der Waals surface area (Å²) in [6.45, 7) is 7.58. The molecule has 0 radical (unpaired) electrons. The van der Waals surface area contributed by atoms with E-state index in [0.29, 0.717) is 17.5 Å². The first-order valence-corrected chi connectivity index (χ1v) is 8.72. The van der Waals surface area contributed by atoms with Crippen molar-refractivity contribution >= 4 is 27.6 Å². The van der Waals surface area contributed by atoms with Crippen LogP contribution in [0.3, 0.4) is 0 Å². The SMILES string of the molecule is CCN(CC)c1nc(C)cc(Nc2ccc(S(=O)(=O)O)cc2)n1. The van der Waals surface area contributed by atoms with E-state index in [1.807, 2.05) is 31.7 Å². The molecule has 0 fully saturated rings. The van der Waals surface area contributed by atoms with Crippen molar-refractivity contribution in [1.29, 1.82) is 0 Å². The highest BCUT2D eigenvalue weighted by Gasteiger charge is 2.10. The highest BCUT2D eigenvalue weighted by molar-refractivity contribution is 7.85. The van der Waals surface area contributed by atoms with Crippen molar-refractivity contribution < 1.29 is 13.0 Å². The Morgan fingerprint density at radius 2 is 1.74 bits per heavy atom. The Hall–Kier alpha value is -2.19. The molecule has 0 unspecified atom stereocenters. The van der Waals surface area contributed by atoms with Gasteiger partial charge < -0.3 is 10.2 Å². The van der Waals surface area contributed by atoms with Gasteiger partial charge in [0.05, 0.1) is 4.90 Å². The summed E-state index contributed by atoms with van der Waals surface area (Å²) in [7, 11) is -4.18. The summed E-state index contributed by atoms with van der Waals surface area (Å²) in [5, 5.41) is 3.11. The second-order valence-corrected chi connectivity index (χ2v) is 6.41. The van der Waals surface area contributed by atoms with Crippen molar-refractivity contribution in [2.45, 2.75) is 25.7 Å². The minimum atomic E-state index is -4.18. The summed E-state index contributed by atoms with van der Waals surface area (Å²) in [5.41, 5.74) is 1.50. The Bertz CT molecular complexity index is 772. The zero-order valence-corrected chi connectivity index (χ0v) is 14.1. The van der Waals surface area contributed by atoms with Crippen LogP contribution >= 0.6 is 0 Å². The van der Waals surface area contributed by atoms with Crippen LogP contribution in [0.15, 0.2) is 35.2 Å². The van der Waals surface area contributed by atoms with Gasteiger partial charge in [0, 0.05) is 30.5 Å². The first-order valence-electron chi connectivity index (χ1n) is 7.28. The molecular formula is C15H20N4O3S. The number of anilines is 3. The maximum atomic E-state index is 11.0. The van der Waals surface area contributed by atoms with E-state index in [2.05, 4.69) is 15.3 Å². The molecule has 2 rings (SSSR count). The fourth-order valence-corrected chi connectivity index (χ4v) is 2.60. The second-order valence-electron chi connectivity index (χ2n) is 4.99. The van der Waals surface area contributed by atoms with Gasteiger partial charge in [-0.3, -0.25) is 4.55 Å². The number of nitrogens with one attached hydrogen (secondary N) is 1. The third-order valence-corrected chi connectivity index (χ3v) is 4.18. The van der Waals surface area contributed by atoms with Gasteiger partial charge in [0.25, 0.3) is 10.1 Å². The summed E-state index contributed by atoms with van der Waals surface area (Å²) in [4.78, 5) is 10.8. The molecular weight excluding hydrogens is 316 g/mol. The van der Waals surface area contributed by atoms with E-state index >= 15 is 0 Å². The Kier molecular flexibility index (Phi) is 5.17. The molecule has 2 N–H and O–H groups in total. The van der Waals surface area contributed by atoms with E-state index in [1.54, 1.807) is 12.1 Å². The van der Waals surface area contributed by atoms with Crippen molar-refractivity contribution in [3.05, 3.63) is 36.0 Å². The number of hydrogen-bond donors (Lipinski definition) is 2. The molecule has 0 bridgehead atoms. The van der Waals surface area contributed by atoms with Crippen LogP contribution in [0, 0.1) is 6.92 Å². The van der Waals surface area contributed by atoms with E-state index in [-0.39, 0.29) is 4.90 Å². The van der Waals surface area contributed by atoms with E-state index in [1.165, 1.54) is 12.1 Å². The third kappa shape index (κ3) is 4.40. The Morgan fingerprint density at radius 3 is 2.26 bits per heavy atom. The maximum absolute atomic E-state index is 11.0. The molecule has 8 heteroatoms. The molecule has 0 amide bonds. The van der Waals surface area contributed by atoms with Crippen LogP contribution in [0.25, 0.3) is 0 Å². The lowest BCUT2D eigenvalue weighted by atomic mass is 10.3. The summed E-state index contributed by atoms with van der Waals surface area (Å²) in [6.07, 6.45) is 0. The molecule has 0 spiro atoms. The third-order valence-electron chi connectivity index (χ3n) is 3.31. The average molecular weight is 336 g/mol. The van der Waals surface area contributed by atoms with Crippen LogP contribution in [0.1, 0.15) is 19.5 Å². The molecule has 0 atom stereocenters. The predicted molar refractivity (Wildman–Crippen MR) is 89.9 cm³/mol. The Labute approximate surface area is 136 Å². The molecule has 2 aromatic rings. The molecule has 23 heavy (non-hydrogen) atoms. The van der Waals surface area contributed by atoms with Crippen LogP contribution in [0.2, 0.25) is 0 Å². The van der Waals surface area contributed by atoms with Gasteiger partial charge in [-0.25, -0.2) is 4.98 Å². The van der Waals surface area contributed by atoms with Gasteiger partial charge in [0.2, 0.25) is 5.95 Å². The standard InChI is InChI=1S/C15H20N4O3S/c1-4-19(5-2)15-16-11(3)10-14(18-15)17-12-6-8-13(9-7-12)23(20,21)22/h6-10H,4-5H2,1-3H3,(H,16,17,18)(H,20,21,22). The monoisotopic (exact) mass is 336 g/mol. The normalized spacial score (nSPS) is 11.3. The maximum Gasteiger partial charge on any atom is 0.294 e. The number of aryl methyl sites for hydroxylation is 1. The van der Waals surface area contributed by atoms with Crippen LogP contribution in [-0.4, -0.2) is 36.0 Å². The number of nitrogens with zero attached hydrogens (tertiary/aromatic N) is 3. The van der Waals surface area contributed by atoms with E-state index < -0.39 is 10.1 Å². The van der Waals surface area contributed by atoms with E-state index in [4.69, 9.17) is 4.55 Å². The molecule has 0 saturated heterocycles. The second kappa shape index (κ2) is 6.93. The van der Waals surface area contributed by atoms with Gasteiger partial charge in [-0.2, -0.15) is 13.4 Å². The van der Waals surface area contributed by atoms with E-state index in [9.17, 15) is 8.42 Å². The Morgan fingerprint density at radius 1 is 1.13 bits per heavy atom. The fraction of sp³-hybridized carbons (Fsp3) is 0.333. The zero-order valence-electron chi connectivity index (χ0n) is 13.3. The number of hydrogen-bond acceptors (Lipinski definition) is 6. The minimum Gasteiger partial charge on any atom is -0.341 e. The van der Waals surface area contributed by atoms with Gasteiger partial charge in [-0.1, -0.05) is 0 Å². The first kappa shape index (κ1) is 17.2. The summed E-state index contributed by atoms with van der Waals surface area (Å²) in [6, 6.07) is 7.60. The van der Waals surface area contributed by atoms with Gasteiger partial charge >= 0.3 is 0 Å². The summed E-state index contributed by atoms with van der Waals surface area (Å²) < 4.78 is 31.1. The van der Waals surface area contributed by atoms with Gasteiger partial charge in [-0.05, 0) is 45.0 Å². The van der Waals surface area contributed by atoms with Crippen molar-refractivity contribution in [2.75, 3.05) is 23.3 Å². The van der Waals surface area contributed by atoms with Crippen LogP contribution in [-0.2, 0) is 10.1 Å². The quantitative estimate of drug-likeness (QED) is 0.783. The van der Waals surface area contributed by atoms with Crippen molar-refractivity contribution in [2.24, 2.45) is 0 Å². The molecule has 1 heterocycles. The van der Waals surface area contributed by atoms with E-state index in [0.717, 1.165) is 18.8 Å². The largest absolute Gasteiger partial charge is 0.341 e. The number of aromatic nitrogens is 2. The molecule has 0 aliphatic carbocycles. The van der Waals surface area contributed by atoms with Crippen molar-refractivity contribution in [1.82, 2.24) is 9.97 Å². The van der Waals surface area contributed by atoms with Crippen LogP contribution in [0.5, 0.6) is 0 Å². The lowest BCUT2D eigenvalue weighted by molar-refractivity contribution is 0.483. The number of rotatable bonds is 6. The lowest BCUT2D eigenvalue weighted by Gasteiger charge is -2.19. The Balaban J connectivity index is 2.26. The lowest BCUT2D eigenvalue weighted by Crippen LogP contribution is -2.24. The smallest absolute Gasteiger partial charge is 0.294 e. The topological polar surface area (TPSA) is 95.4 Å². The van der Waals surface area contributed by atoms with Gasteiger partial charge in [0.1, 0.15) is 5.82 Å². The van der Waals surface area contributed by atoms with Gasteiger partial charge in [0.15, 0.2) is 0 Å². The molecule has 1 aromatic carbocycles. The molecule has 0 aliphatic rings. The highest BCUT2D eigenvalue weighted by Crippen LogP contribution is 2.20. The molecule has 124 valence electrons. The van der Waals surface area contributed by atoms with Gasteiger partial charge in [-0.15, -0.1) is 0 Å². The zero-order chi connectivity index (χ0) is 17.0. The first-order chi connectivity index (χ1) is 10.8.